The second kappa shape index (κ2) is 9.09. The molecule has 0 bridgehead atoms. The average Bonchev–Trinajstić information content (AvgIpc) is 3.28. The molecule has 1 aliphatic rings. The van der Waals surface area contributed by atoms with Crippen molar-refractivity contribution in [3.8, 4) is 5.75 Å². The van der Waals surface area contributed by atoms with Gasteiger partial charge in [-0.1, -0.05) is 71.2 Å². The van der Waals surface area contributed by atoms with Gasteiger partial charge in [0.25, 0.3) is 5.91 Å². The molecule has 3 aromatic carbocycles. The van der Waals surface area contributed by atoms with Crippen molar-refractivity contribution >= 4 is 45.7 Å². The number of para-hydroxylation sites is 1. The van der Waals surface area contributed by atoms with Crippen LogP contribution in [0.25, 0.3) is 10.9 Å². The van der Waals surface area contributed by atoms with Crippen LogP contribution in [0.1, 0.15) is 39.5 Å². The van der Waals surface area contributed by atoms with Gasteiger partial charge in [0.2, 0.25) is 0 Å². The average molecular weight is 490 g/mol. The Balaban J connectivity index is 1.62. The second-order valence-corrected chi connectivity index (χ2v) is 8.99. The fourth-order valence-electron chi connectivity index (χ4n) is 4.26. The summed E-state index contributed by atoms with van der Waals surface area (Å²) >= 11 is 12.9. The van der Waals surface area contributed by atoms with Crippen molar-refractivity contribution < 1.29 is 9.53 Å². The summed E-state index contributed by atoms with van der Waals surface area (Å²) in [5, 5.41) is 7.94. The summed E-state index contributed by atoms with van der Waals surface area (Å²) in [6.07, 6.45) is 0.507. The molecule has 0 N–H and O–H groups in total. The van der Waals surface area contributed by atoms with Crippen LogP contribution in [-0.2, 0) is 0 Å². The van der Waals surface area contributed by atoms with Gasteiger partial charge >= 0.3 is 0 Å². The van der Waals surface area contributed by atoms with Crippen molar-refractivity contribution in [2.45, 2.75) is 19.4 Å². The molecule has 1 amide bonds. The standard InChI is InChI=1S/C27H21Cl2N3O2/c1-16-6-3-7-17(12-16)22-15-23(32(31-22)27(33)19-9-4-10-20(28)13-19)21-14-18-8-5-11-24(34-2)25(18)30-26(21)29/h3-14,23H,15H2,1-2H3/t23-/m1/s1. The van der Waals surface area contributed by atoms with Gasteiger partial charge in [-0.25, -0.2) is 9.99 Å². The lowest BCUT2D eigenvalue weighted by molar-refractivity contribution is 0.0711. The van der Waals surface area contributed by atoms with Crippen LogP contribution in [0.3, 0.4) is 0 Å². The Morgan fingerprint density at radius 3 is 2.59 bits per heavy atom. The largest absolute Gasteiger partial charge is 0.494 e. The number of pyridine rings is 1. The summed E-state index contributed by atoms with van der Waals surface area (Å²) in [4.78, 5) is 18.2. The van der Waals surface area contributed by atoms with Gasteiger partial charge in [0.15, 0.2) is 0 Å². The number of hydrogen-bond donors (Lipinski definition) is 0. The maximum Gasteiger partial charge on any atom is 0.274 e. The number of fused-ring (bicyclic) bond motifs is 1. The number of aromatic nitrogens is 1. The molecule has 0 spiro atoms. The van der Waals surface area contributed by atoms with E-state index in [0.29, 0.717) is 33.4 Å². The van der Waals surface area contributed by atoms with Gasteiger partial charge in [-0.05, 0) is 42.8 Å². The Kier molecular flexibility index (Phi) is 5.98. The van der Waals surface area contributed by atoms with E-state index in [-0.39, 0.29) is 5.91 Å². The van der Waals surface area contributed by atoms with Gasteiger partial charge in [0.1, 0.15) is 16.4 Å². The minimum atomic E-state index is -0.419. The first-order chi connectivity index (χ1) is 16.4. The van der Waals surface area contributed by atoms with Crippen LogP contribution in [0.15, 0.2) is 77.9 Å². The van der Waals surface area contributed by atoms with E-state index in [2.05, 4.69) is 11.1 Å². The van der Waals surface area contributed by atoms with Crippen LogP contribution >= 0.6 is 23.2 Å². The molecule has 4 aromatic rings. The number of amides is 1. The monoisotopic (exact) mass is 489 g/mol. The summed E-state index contributed by atoms with van der Waals surface area (Å²) < 4.78 is 5.44. The fraction of sp³-hybridized carbons (Fsp3) is 0.148. The third-order valence-corrected chi connectivity index (χ3v) is 6.45. The SMILES string of the molecule is COc1cccc2cc([C@H]3CC(c4cccc(C)c4)=NN3C(=O)c3cccc(Cl)c3)c(Cl)nc12. The van der Waals surface area contributed by atoms with Gasteiger partial charge in [-0.15, -0.1) is 0 Å². The van der Waals surface area contributed by atoms with Gasteiger partial charge in [0.05, 0.1) is 18.9 Å². The summed E-state index contributed by atoms with van der Waals surface area (Å²) in [6.45, 7) is 2.03. The highest BCUT2D eigenvalue weighted by molar-refractivity contribution is 6.31. The van der Waals surface area contributed by atoms with Crippen molar-refractivity contribution in [3.05, 3.63) is 105 Å². The number of carbonyl (C=O) groups is 1. The van der Waals surface area contributed by atoms with Gasteiger partial charge < -0.3 is 4.74 Å². The Morgan fingerprint density at radius 1 is 1.03 bits per heavy atom. The second-order valence-electron chi connectivity index (χ2n) is 8.20. The Labute approximate surface area is 207 Å². The van der Waals surface area contributed by atoms with Crippen molar-refractivity contribution in [2.75, 3.05) is 7.11 Å². The predicted molar refractivity (Wildman–Crippen MR) is 136 cm³/mol. The fourth-order valence-corrected chi connectivity index (χ4v) is 4.71. The molecule has 0 saturated heterocycles. The minimum absolute atomic E-state index is 0.253. The summed E-state index contributed by atoms with van der Waals surface area (Å²) in [5.74, 6) is 0.387. The third-order valence-electron chi connectivity index (χ3n) is 5.91. The zero-order chi connectivity index (χ0) is 23.8. The summed E-state index contributed by atoms with van der Waals surface area (Å²) in [5.41, 5.74) is 4.75. The molecular weight excluding hydrogens is 469 g/mol. The van der Waals surface area contributed by atoms with E-state index in [1.165, 1.54) is 5.01 Å². The van der Waals surface area contributed by atoms with E-state index in [1.54, 1.807) is 31.4 Å². The number of hydrazone groups is 1. The molecule has 0 aliphatic carbocycles. The summed E-state index contributed by atoms with van der Waals surface area (Å²) in [7, 11) is 1.60. The zero-order valence-electron chi connectivity index (χ0n) is 18.6. The van der Waals surface area contributed by atoms with Crippen LogP contribution in [0, 0.1) is 6.92 Å². The molecule has 1 atom stereocenters. The van der Waals surface area contributed by atoms with Crippen LogP contribution in [0.5, 0.6) is 5.75 Å². The van der Waals surface area contributed by atoms with Crippen molar-refractivity contribution in [3.63, 3.8) is 0 Å². The van der Waals surface area contributed by atoms with E-state index in [0.717, 1.165) is 27.8 Å². The quantitative estimate of drug-likeness (QED) is 0.294. The number of methoxy groups -OCH3 is 1. The molecular formula is C27H21Cl2N3O2. The summed E-state index contributed by atoms with van der Waals surface area (Å²) in [6, 6.07) is 22.2. The molecule has 170 valence electrons. The molecule has 5 nitrogen and oxygen atoms in total. The highest BCUT2D eigenvalue weighted by Gasteiger charge is 2.35. The topological polar surface area (TPSA) is 54.8 Å². The molecule has 5 rings (SSSR count). The predicted octanol–water partition coefficient (Wildman–Crippen LogP) is 6.85. The van der Waals surface area contributed by atoms with Crippen molar-refractivity contribution in [1.29, 1.82) is 0 Å². The van der Waals surface area contributed by atoms with Crippen molar-refractivity contribution in [1.82, 2.24) is 9.99 Å². The normalized spacial score (nSPS) is 15.5. The number of hydrogen-bond acceptors (Lipinski definition) is 4. The molecule has 1 aromatic heterocycles. The first-order valence-electron chi connectivity index (χ1n) is 10.8. The van der Waals surface area contributed by atoms with Crippen LogP contribution in [-0.4, -0.2) is 28.7 Å². The van der Waals surface area contributed by atoms with Crippen LogP contribution in [0.4, 0.5) is 0 Å². The van der Waals surface area contributed by atoms with Crippen molar-refractivity contribution in [2.24, 2.45) is 5.10 Å². The number of carbonyl (C=O) groups excluding carboxylic acids is 1. The Morgan fingerprint density at radius 2 is 1.82 bits per heavy atom. The van der Waals surface area contributed by atoms with E-state index >= 15 is 0 Å². The number of nitrogens with zero attached hydrogens (tertiary/aromatic N) is 3. The number of aryl methyl sites for hydroxylation is 1. The first-order valence-corrected chi connectivity index (χ1v) is 11.6. The highest BCUT2D eigenvalue weighted by atomic mass is 35.5. The maximum absolute atomic E-state index is 13.6. The lowest BCUT2D eigenvalue weighted by Gasteiger charge is -2.23. The highest BCUT2D eigenvalue weighted by Crippen LogP contribution is 2.39. The Bertz CT molecular complexity index is 1450. The molecule has 0 unspecified atom stereocenters. The van der Waals surface area contributed by atoms with Crippen LogP contribution in [0.2, 0.25) is 10.2 Å². The van der Waals surface area contributed by atoms with Gasteiger partial charge in [0, 0.05) is 28.0 Å². The van der Waals surface area contributed by atoms with Crippen LogP contribution < -0.4 is 4.74 Å². The molecule has 1 aliphatic heterocycles. The smallest absolute Gasteiger partial charge is 0.274 e. The lowest BCUT2D eigenvalue weighted by Crippen LogP contribution is -2.27. The molecule has 2 heterocycles. The molecule has 7 heteroatoms. The zero-order valence-corrected chi connectivity index (χ0v) is 20.1. The molecule has 0 radical (unpaired) electrons. The van der Waals surface area contributed by atoms with E-state index in [4.69, 9.17) is 33.0 Å². The van der Waals surface area contributed by atoms with E-state index < -0.39 is 6.04 Å². The number of benzene rings is 3. The molecule has 0 fully saturated rings. The van der Waals surface area contributed by atoms with E-state index in [1.807, 2.05) is 49.4 Å². The lowest BCUT2D eigenvalue weighted by atomic mass is 9.97. The first kappa shape index (κ1) is 22.4. The maximum atomic E-state index is 13.6. The number of rotatable bonds is 4. The third kappa shape index (κ3) is 4.13. The van der Waals surface area contributed by atoms with Gasteiger partial charge in [-0.2, -0.15) is 5.10 Å². The number of ether oxygens (including phenoxy) is 1. The molecule has 0 saturated carbocycles. The molecule has 34 heavy (non-hydrogen) atoms. The number of halogens is 2. The Hall–Kier alpha value is -3.41. The minimum Gasteiger partial charge on any atom is -0.494 e. The van der Waals surface area contributed by atoms with E-state index in [9.17, 15) is 4.79 Å². The van der Waals surface area contributed by atoms with Gasteiger partial charge in [-0.3, -0.25) is 4.79 Å².